The molecule has 1 N–H and O–H groups in total. The van der Waals surface area contributed by atoms with Crippen LogP contribution in [0, 0.1) is 0 Å². The maximum atomic E-state index is 6.35. The van der Waals surface area contributed by atoms with Crippen molar-refractivity contribution in [2.24, 2.45) is 0 Å². The molecular weight excluding hydrogens is 385 g/mol. The maximum Gasteiger partial charge on any atom is 0.193 e. The van der Waals surface area contributed by atoms with Gasteiger partial charge >= 0.3 is 0 Å². The molecule has 0 radical (unpaired) electrons. The van der Waals surface area contributed by atoms with E-state index in [1.54, 1.807) is 35.1 Å². The van der Waals surface area contributed by atoms with E-state index in [2.05, 4.69) is 19.9 Å². The summed E-state index contributed by atoms with van der Waals surface area (Å²) >= 11 is 15.5. The highest BCUT2D eigenvalue weighted by molar-refractivity contribution is 7.17. The lowest BCUT2D eigenvalue weighted by Gasteiger charge is -2.10. The highest BCUT2D eigenvalue weighted by atomic mass is 35.5. The Morgan fingerprint density at radius 2 is 2.12 bits per heavy atom. The summed E-state index contributed by atoms with van der Waals surface area (Å²) in [4.78, 5) is 19.2. The molecule has 0 atom stereocenters. The molecule has 4 heterocycles. The molecule has 0 unspecified atom stereocenters. The number of aromatic amines is 1. The zero-order valence-electron chi connectivity index (χ0n) is 12.5. The van der Waals surface area contributed by atoms with Crippen LogP contribution >= 0.6 is 45.9 Å². The van der Waals surface area contributed by atoms with Crippen LogP contribution in [-0.2, 0) is 6.42 Å². The number of nitrogens with zero attached hydrogens (tertiary/aromatic N) is 4. The summed E-state index contributed by atoms with van der Waals surface area (Å²) in [6, 6.07) is 1.91. The Kier molecular flexibility index (Phi) is 4.17. The molecule has 0 aliphatic rings. The lowest BCUT2D eigenvalue weighted by atomic mass is 10.1. The van der Waals surface area contributed by atoms with Crippen LogP contribution in [0.3, 0.4) is 0 Å². The van der Waals surface area contributed by atoms with E-state index in [-0.39, 0.29) is 0 Å². The first-order valence-corrected chi connectivity index (χ1v) is 9.47. The molecule has 24 heavy (non-hydrogen) atoms. The quantitative estimate of drug-likeness (QED) is 0.519. The summed E-state index contributed by atoms with van der Waals surface area (Å²) in [5.74, 6) is 0. The van der Waals surface area contributed by atoms with E-state index in [1.165, 1.54) is 0 Å². The van der Waals surface area contributed by atoms with Gasteiger partial charge in [-0.3, -0.25) is 4.90 Å². The third-order valence-corrected chi connectivity index (χ3v) is 6.18. The summed E-state index contributed by atoms with van der Waals surface area (Å²) in [7, 11) is 1.94. The number of hydrogen-bond donors (Lipinski definition) is 1. The number of hydrogen-bond acceptors (Lipinski definition) is 6. The largest absolute Gasteiger partial charge is 0.346 e. The molecule has 9 heteroatoms. The average molecular weight is 396 g/mol. The predicted octanol–water partition coefficient (Wildman–Crippen LogP) is 5.14. The van der Waals surface area contributed by atoms with E-state index in [0.29, 0.717) is 16.6 Å². The van der Waals surface area contributed by atoms with Gasteiger partial charge in [-0.2, -0.15) is 0 Å². The molecule has 0 bridgehead atoms. The fraction of sp³-hybridized carbons (Fsp3) is 0.133. The predicted molar refractivity (Wildman–Crippen MR) is 101 cm³/mol. The van der Waals surface area contributed by atoms with E-state index < -0.39 is 0 Å². The first kappa shape index (κ1) is 15.8. The van der Waals surface area contributed by atoms with Gasteiger partial charge in [-0.05, 0) is 11.6 Å². The number of rotatable bonds is 4. The van der Waals surface area contributed by atoms with Gasteiger partial charge in [-0.1, -0.05) is 34.5 Å². The van der Waals surface area contributed by atoms with Gasteiger partial charge in [0.15, 0.2) is 10.3 Å². The minimum Gasteiger partial charge on any atom is -0.346 e. The van der Waals surface area contributed by atoms with Crippen LogP contribution in [0.2, 0.25) is 10.2 Å². The summed E-state index contributed by atoms with van der Waals surface area (Å²) in [6.45, 7) is 0. The highest BCUT2D eigenvalue weighted by Gasteiger charge is 2.17. The Morgan fingerprint density at radius 3 is 2.92 bits per heavy atom. The SMILES string of the molecule is CN(c1nccs1)c1nc(Cl)c(Cc2c[nH]c3ncc(Cl)cc23)s1. The number of aromatic nitrogens is 4. The Bertz CT molecular complexity index is 993. The minimum absolute atomic E-state index is 0.516. The Hall–Kier alpha value is -1.67. The van der Waals surface area contributed by atoms with E-state index >= 15 is 0 Å². The molecule has 0 aromatic carbocycles. The fourth-order valence-electron chi connectivity index (χ4n) is 2.39. The minimum atomic E-state index is 0.516. The normalized spacial score (nSPS) is 11.3. The van der Waals surface area contributed by atoms with Crippen LogP contribution in [-0.4, -0.2) is 27.0 Å². The molecule has 4 rings (SSSR count). The summed E-state index contributed by atoms with van der Waals surface area (Å²) < 4.78 is 0. The molecule has 0 amide bonds. The molecule has 0 spiro atoms. The van der Waals surface area contributed by atoms with Crippen LogP contribution in [0.25, 0.3) is 11.0 Å². The van der Waals surface area contributed by atoms with E-state index in [4.69, 9.17) is 23.2 Å². The third-order valence-electron chi connectivity index (χ3n) is 3.57. The number of fused-ring (bicyclic) bond motifs is 1. The van der Waals surface area contributed by atoms with Crippen molar-refractivity contribution >= 4 is 67.2 Å². The monoisotopic (exact) mass is 395 g/mol. The first-order valence-electron chi connectivity index (χ1n) is 7.02. The van der Waals surface area contributed by atoms with Crippen molar-refractivity contribution < 1.29 is 0 Å². The topological polar surface area (TPSA) is 57.7 Å². The summed E-state index contributed by atoms with van der Waals surface area (Å²) in [6.07, 6.45) is 6.01. The van der Waals surface area contributed by atoms with Gasteiger partial charge in [0.05, 0.1) is 9.90 Å². The molecular formula is C15H11Cl2N5S2. The van der Waals surface area contributed by atoms with Crippen LogP contribution < -0.4 is 4.90 Å². The van der Waals surface area contributed by atoms with Crippen molar-refractivity contribution in [3.63, 3.8) is 0 Å². The second kappa shape index (κ2) is 6.33. The lowest BCUT2D eigenvalue weighted by molar-refractivity contribution is 1.14. The fourth-order valence-corrected chi connectivity index (χ4v) is 4.47. The van der Waals surface area contributed by atoms with Crippen LogP contribution in [0.15, 0.2) is 30.0 Å². The number of anilines is 2. The molecule has 0 saturated carbocycles. The van der Waals surface area contributed by atoms with Crippen molar-refractivity contribution in [3.05, 3.63) is 50.7 Å². The molecule has 0 aliphatic heterocycles. The second-order valence-corrected chi connectivity index (χ2v) is 7.85. The molecule has 0 saturated heterocycles. The summed E-state index contributed by atoms with van der Waals surface area (Å²) in [5.41, 5.74) is 1.91. The van der Waals surface area contributed by atoms with Crippen LogP contribution in [0.1, 0.15) is 10.4 Å². The zero-order valence-corrected chi connectivity index (χ0v) is 15.6. The first-order chi connectivity index (χ1) is 11.6. The van der Waals surface area contributed by atoms with Crippen LogP contribution in [0.5, 0.6) is 0 Å². The van der Waals surface area contributed by atoms with E-state index in [9.17, 15) is 0 Å². The number of pyridine rings is 1. The number of nitrogens with one attached hydrogen (secondary N) is 1. The lowest BCUT2D eigenvalue weighted by Crippen LogP contribution is -2.08. The van der Waals surface area contributed by atoms with Crippen LogP contribution in [0.4, 0.5) is 10.3 Å². The van der Waals surface area contributed by atoms with Gasteiger partial charge < -0.3 is 4.98 Å². The Morgan fingerprint density at radius 1 is 1.25 bits per heavy atom. The zero-order chi connectivity index (χ0) is 16.7. The Labute approximate surface area is 155 Å². The van der Waals surface area contributed by atoms with Gasteiger partial charge in [0.2, 0.25) is 0 Å². The number of H-pyrrole nitrogens is 1. The van der Waals surface area contributed by atoms with Gasteiger partial charge in [0.1, 0.15) is 10.8 Å². The number of thiazole rings is 2. The molecule has 0 fully saturated rings. The van der Waals surface area contributed by atoms with Crippen molar-refractivity contribution in [1.29, 1.82) is 0 Å². The smallest absolute Gasteiger partial charge is 0.193 e. The van der Waals surface area contributed by atoms with Crippen molar-refractivity contribution in [3.8, 4) is 0 Å². The standard InChI is InChI=1S/C15H11Cl2N5S2/c1-22(14-18-2-3-23-14)15-21-12(17)11(24-15)4-8-6-19-13-10(8)5-9(16)7-20-13/h2-3,5-7H,4H2,1H3,(H,19,20). The molecule has 0 aliphatic carbocycles. The van der Waals surface area contributed by atoms with Gasteiger partial charge in [0, 0.05) is 42.8 Å². The van der Waals surface area contributed by atoms with E-state index in [1.807, 2.05) is 29.6 Å². The van der Waals surface area contributed by atoms with E-state index in [0.717, 1.165) is 31.7 Å². The number of halogens is 2. The average Bonchev–Trinajstić information content (AvgIpc) is 3.29. The third kappa shape index (κ3) is 2.88. The maximum absolute atomic E-state index is 6.35. The highest BCUT2D eigenvalue weighted by Crippen LogP contribution is 2.35. The van der Waals surface area contributed by atoms with Crippen molar-refractivity contribution in [1.82, 2.24) is 19.9 Å². The van der Waals surface area contributed by atoms with Gasteiger partial charge in [-0.25, -0.2) is 15.0 Å². The molecule has 122 valence electrons. The van der Waals surface area contributed by atoms with Crippen molar-refractivity contribution in [2.45, 2.75) is 6.42 Å². The van der Waals surface area contributed by atoms with Gasteiger partial charge in [0.25, 0.3) is 0 Å². The van der Waals surface area contributed by atoms with Gasteiger partial charge in [-0.15, -0.1) is 11.3 Å². The molecule has 5 nitrogen and oxygen atoms in total. The Balaban J connectivity index is 1.66. The molecule has 4 aromatic heterocycles. The summed E-state index contributed by atoms with van der Waals surface area (Å²) in [5, 5.41) is 5.77. The molecule has 4 aromatic rings. The van der Waals surface area contributed by atoms with Crippen molar-refractivity contribution in [2.75, 3.05) is 11.9 Å². The second-order valence-electron chi connectivity index (χ2n) is 5.12.